The molecule has 104 valence electrons. The summed E-state index contributed by atoms with van der Waals surface area (Å²) >= 11 is 5.94. The van der Waals surface area contributed by atoms with Crippen molar-refractivity contribution in [2.24, 2.45) is 0 Å². The van der Waals surface area contributed by atoms with Crippen LogP contribution in [0.4, 0.5) is 0 Å². The molecular formula is C12H17ClN4O2. The van der Waals surface area contributed by atoms with Crippen LogP contribution in [-0.4, -0.2) is 32.4 Å². The lowest BCUT2D eigenvalue weighted by atomic mass is 10.3. The number of carbonyl (C=O) groups excluding carboxylic acids is 1. The molecule has 0 amide bonds. The van der Waals surface area contributed by atoms with E-state index >= 15 is 0 Å². The Morgan fingerprint density at radius 2 is 2.21 bits per heavy atom. The maximum Gasteiger partial charge on any atom is 0.328 e. The van der Waals surface area contributed by atoms with Gasteiger partial charge in [0, 0.05) is 6.54 Å². The lowest BCUT2D eigenvalue weighted by Crippen LogP contribution is -2.21. The normalized spacial score (nSPS) is 12.9. The number of methoxy groups -OCH3 is 1. The highest BCUT2D eigenvalue weighted by Crippen LogP contribution is 2.25. The Balaban J connectivity index is 2.72. The molecule has 1 unspecified atom stereocenters. The molecule has 0 saturated carbocycles. The molecule has 7 heteroatoms. The summed E-state index contributed by atoms with van der Waals surface area (Å²) in [6, 6.07) is -0.481. The van der Waals surface area contributed by atoms with Crippen LogP contribution in [0.25, 0.3) is 11.2 Å². The first-order valence-electron chi connectivity index (χ1n) is 6.13. The van der Waals surface area contributed by atoms with Crippen molar-refractivity contribution in [3.63, 3.8) is 0 Å². The summed E-state index contributed by atoms with van der Waals surface area (Å²) in [6.07, 6.45) is 0. The minimum atomic E-state index is -0.481. The second kappa shape index (κ2) is 5.21. The van der Waals surface area contributed by atoms with Crippen LogP contribution in [0.15, 0.2) is 0 Å². The number of aromatic nitrogens is 4. The van der Waals surface area contributed by atoms with Gasteiger partial charge in [0.25, 0.3) is 0 Å². The maximum atomic E-state index is 11.8. The van der Waals surface area contributed by atoms with Crippen LogP contribution in [0.2, 0.25) is 0 Å². The molecule has 0 N–H and O–H groups in total. The highest BCUT2D eigenvalue weighted by molar-refractivity contribution is 6.16. The third-order valence-electron chi connectivity index (χ3n) is 3.17. The molecule has 0 aromatic carbocycles. The molecule has 19 heavy (non-hydrogen) atoms. The maximum absolute atomic E-state index is 11.8. The van der Waals surface area contributed by atoms with Crippen molar-refractivity contribution in [1.29, 1.82) is 0 Å². The Morgan fingerprint density at radius 1 is 1.53 bits per heavy atom. The molecule has 0 bridgehead atoms. The van der Waals surface area contributed by atoms with E-state index in [9.17, 15) is 4.79 Å². The highest BCUT2D eigenvalue weighted by Gasteiger charge is 2.25. The van der Waals surface area contributed by atoms with Crippen LogP contribution >= 0.6 is 11.6 Å². The average molecular weight is 285 g/mol. The summed E-state index contributed by atoms with van der Waals surface area (Å²) in [4.78, 5) is 16.3. The van der Waals surface area contributed by atoms with Crippen LogP contribution < -0.4 is 0 Å². The van der Waals surface area contributed by atoms with Crippen LogP contribution in [0.1, 0.15) is 31.4 Å². The van der Waals surface area contributed by atoms with E-state index in [1.807, 2.05) is 18.5 Å². The van der Waals surface area contributed by atoms with Crippen molar-refractivity contribution in [3.05, 3.63) is 11.5 Å². The van der Waals surface area contributed by atoms with Gasteiger partial charge in [0.15, 0.2) is 5.65 Å². The summed E-state index contributed by atoms with van der Waals surface area (Å²) in [6.45, 7) is 6.36. The van der Waals surface area contributed by atoms with Gasteiger partial charge in [-0.05, 0) is 20.8 Å². The molecule has 6 nitrogen and oxygen atoms in total. The number of rotatable bonds is 4. The largest absolute Gasteiger partial charge is 0.467 e. The average Bonchev–Trinajstić information content (AvgIpc) is 2.94. The number of carbonyl (C=O) groups is 1. The number of hydrogen-bond donors (Lipinski definition) is 0. The first-order chi connectivity index (χ1) is 9.04. The zero-order chi connectivity index (χ0) is 14.2. The standard InChI is InChI=1S/C12H17ClN4O2/c1-5-16-11-10(7(2)15-16)14-9(6-13)17(11)8(3)12(18)19-4/h8H,5-6H2,1-4H3. The molecule has 1 atom stereocenters. The van der Waals surface area contributed by atoms with Gasteiger partial charge in [0.2, 0.25) is 0 Å². The molecule has 2 aromatic rings. The monoisotopic (exact) mass is 284 g/mol. The third kappa shape index (κ3) is 2.10. The van der Waals surface area contributed by atoms with Gasteiger partial charge in [-0.1, -0.05) is 0 Å². The van der Waals surface area contributed by atoms with Crippen LogP contribution in [0.3, 0.4) is 0 Å². The van der Waals surface area contributed by atoms with E-state index in [-0.39, 0.29) is 11.8 Å². The van der Waals surface area contributed by atoms with Gasteiger partial charge in [0.1, 0.15) is 17.4 Å². The van der Waals surface area contributed by atoms with Crippen LogP contribution in [-0.2, 0) is 22.0 Å². The summed E-state index contributed by atoms with van der Waals surface area (Å²) < 4.78 is 8.43. The lowest BCUT2D eigenvalue weighted by molar-refractivity contribution is -0.144. The fourth-order valence-corrected chi connectivity index (χ4v) is 2.42. The van der Waals surface area contributed by atoms with Crippen molar-refractivity contribution in [1.82, 2.24) is 19.3 Å². The molecule has 0 radical (unpaired) electrons. The molecule has 0 fully saturated rings. The van der Waals surface area contributed by atoms with Gasteiger partial charge < -0.3 is 4.74 Å². The Kier molecular flexibility index (Phi) is 3.80. The number of aryl methyl sites for hydroxylation is 2. The summed E-state index contributed by atoms with van der Waals surface area (Å²) in [5.41, 5.74) is 2.43. The molecule has 0 spiro atoms. The molecule has 2 rings (SSSR count). The smallest absolute Gasteiger partial charge is 0.328 e. The van der Waals surface area contributed by atoms with E-state index in [0.29, 0.717) is 12.4 Å². The fourth-order valence-electron chi connectivity index (χ4n) is 2.23. The van der Waals surface area contributed by atoms with Crippen molar-refractivity contribution in [2.75, 3.05) is 7.11 Å². The number of esters is 1. The van der Waals surface area contributed by atoms with Gasteiger partial charge in [-0.3, -0.25) is 4.57 Å². The van der Waals surface area contributed by atoms with Crippen molar-refractivity contribution < 1.29 is 9.53 Å². The van der Waals surface area contributed by atoms with Gasteiger partial charge in [-0.25, -0.2) is 14.5 Å². The Labute approximate surface area is 116 Å². The first kappa shape index (κ1) is 13.9. The second-order valence-electron chi connectivity index (χ2n) is 4.30. The quantitative estimate of drug-likeness (QED) is 0.637. The SMILES string of the molecule is CCn1nc(C)c2nc(CCl)n(C(C)C(=O)OC)c21. The predicted octanol–water partition coefficient (Wildman–Crippen LogP) is 2.03. The van der Waals surface area contributed by atoms with E-state index < -0.39 is 6.04 Å². The number of fused-ring (bicyclic) bond motifs is 1. The van der Waals surface area contributed by atoms with Gasteiger partial charge in [0.05, 0.1) is 18.7 Å². The topological polar surface area (TPSA) is 61.9 Å². The highest BCUT2D eigenvalue weighted by atomic mass is 35.5. The van der Waals surface area contributed by atoms with E-state index in [1.165, 1.54) is 7.11 Å². The third-order valence-corrected chi connectivity index (χ3v) is 3.40. The molecule has 0 aliphatic heterocycles. The zero-order valence-electron chi connectivity index (χ0n) is 11.5. The summed E-state index contributed by atoms with van der Waals surface area (Å²) in [7, 11) is 1.37. The van der Waals surface area contributed by atoms with Gasteiger partial charge >= 0.3 is 5.97 Å². The first-order valence-corrected chi connectivity index (χ1v) is 6.66. The number of ether oxygens (including phenoxy) is 1. The number of imidazole rings is 1. The van der Waals surface area contributed by atoms with E-state index in [4.69, 9.17) is 16.3 Å². The molecule has 0 aliphatic carbocycles. The number of nitrogens with zero attached hydrogens (tertiary/aromatic N) is 4. The molecule has 0 saturated heterocycles. The van der Waals surface area contributed by atoms with E-state index in [1.54, 1.807) is 11.5 Å². The van der Waals surface area contributed by atoms with E-state index in [2.05, 4.69) is 10.1 Å². The molecular weight excluding hydrogens is 268 g/mol. The summed E-state index contributed by atoms with van der Waals surface area (Å²) in [5, 5.41) is 4.41. The van der Waals surface area contributed by atoms with Crippen molar-refractivity contribution in [2.45, 2.75) is 39.2 Å². The molecule has 2 heterocycles. The van der Waals surface area contributed by atoms with Gasteiger partial charge in [-0.15, -0.1) is 11.6 Å². The number of halogens is 1. The second-order valence-corrected chi connectivity index (χ2v) is 4.57. The Hall–Kier alpha value is -1.56. The van der Waals surface area contributed by atoms with Crippen molar-refractivity contribution in [3.8, 4) is 0 Å². The number of hydrogen-bond acceptors (Lipinski definition) is 4. The summed E-state index contributed by atoms with van der Waals surface area (Å²) in [5.74, 6) is 0.559. The van der Waals surface area contributed by atoms with Crippen molar-refractivity contribution >= 4 is 28.7 Å². The van der Waals surface area contributed by atoms with Crippen LogP contribution in [0.5, 0.6) is 0 Å². The molecule has 2 aromatic heterocycles. The zero-order valence-corrected chi connectivity index (χ0v) is 12.2. The van der Waals surface area contributed by atoms with Gasteiger partial charge in [-0.2, -0.15) is 5.10 Å². The lowest BCUT2D eigenvalue weighted by Gasteiger charge is -2.15. The van der Waals surface area contributed by atoms with Crippen LogP contribution in [0, 0.1) is 6.92 Å². The Bertz CT molecular complexity index is 617. The molecule has 0 aliphatic rings. The fraction of sp³-hybridized carbons (Fsp3) is 0.583. The minimum Gasteiger partial charge on any atom is -0.467 e. The number of alkyl halides is 1. The van der Waals surface area contributed by atoms with E-state index in [0.717, 1.165) is 16.9 Å². The minimum absolute atomic E-state index is 0.235. The Morgan fingerprint density at radius 3 is 2.74 bits per heavy atom. The predicted molar refractivity (Wildman–Crippen MR) is 72.2 cm³/mol.